The van der Waals surface area contributed by atoms with E-state index < -0.39 is 0 Å². The smallest absolute Gasteiger partial charge is 0.150 e. The van der Waals surface area contributed by atoms with Gasteiger partial charge in [-0.3, -0.25) is 4.40 Å². The van der Waals surface area contributed by atoms with Crippen LogP contribution in [0.3, 0.4) is 0 Å². The third-order valence-electron chi connectivity index (χ3n) is 2.62. The van der Waals surface area contributed by atoms with Crippen molar-refractivity contribution in [2.24, 2.45) is 0 Å². The average molecular weight is 190 g/mol. The van der Waals surface area contributed by atoms with Gasteiger partial charge in [0, 0.05) is 5.69 Å². The predicted octanol–water partition coefficient (Wildman–Crippen LogP) is 1.55. The summed E-state index contributed by atoms with van der Waals surface area (Å²) in [6, 6.07) is 0. The Labute approximate surface area is 82.8 Å². The highest BCUT2D eigenvalue weighted by Gasteiger charge is 2.12. The third-order valence-corrected chi connectivity index (χ3v) is 2.62. The summed E-state index contributed by atoms with van der Waals surface area (Å²) in [5.41, 5.74) is 8.97. The molecule has 0 aliphatic carbocycles. The zero-order valence-corrected chi connectivity index (χ0v) is 8.92. The molecule has 0 spiro atoms. The lowest BCUT2D eigenvalue weighted by molar-refractivity contribution is 0.906. The normalized spacial score (nSPS) is 11.1. The highest BCUT2D eigenvalue weighted by Crippen LogP contribution is 2.21. The monoisotopic (exact) mass is 190 g/mol. The van der Waals surface area contributed by atoms with Crippen molar-refractivity contribution in [3.05, 3.63) is 22.9 Å². The molecule has 2 heterocycles. The SMILES string of the molecule is Cc1nc(C)n2c(C)nc(N)c2c1C. The van der Waals surface area contributed by atoms with Gasteiger partial charge in [-0.2, -0.15) is 0 Å². The molecule has 0 aliphatic heterocycles. The van der Waals surface area contributed by atoms with E-state index in [0.29, 0.717) is 5.82 Å². The number of nitrogen functional groups attached to an aromatic ring is 1. The third kappa shape index (κ3) is 0.999. The van der Waals surface area contributed by atoms with Gasteiger partial charge in [0.25, 0.3) is 0 Å². The van der Waals surface area contributed by atoms with Crippen LogP contribution in [0.15, 0.2) is 0 Å². The van der Waals surface area contributed by atoms with Gasteiger partial charge in [-0.25, -0.2) is 9.97 Å². The zero-order valence-electron chi connectivity index (χ0n) is 8.92. The largest absolute Gasteiger partial charge is 0.382 e. The van der Waals surface area contributed by atoms with Crippen LogP contribution in [-0.2, 0) is 0 Å². The second kappa shape index (κ2) is 2.70. The van der Waals surface area contributed by atoms with Gasteiger partial charge in [-0.05, 0) is 33.3 Å². The van der Waals surface area contributed by atoms with Crippen LogP contribution in [0.2, 0.25) is 0 Å². The van der Waals surface area contributed by atoms with E-state index in [2.05, 4.69) is 9.97 Å². The summed E-state index contributed by atoms with van der Waals surface area (Å²) < 4.78 is 2.00. The van der Waals surface area contributed by atoms with E-state index in [1.807, 2.05) is 32.1 Å². The van der Waals surface area contributed by atoms with Crippen molar-refractivity contribution < 1.29 is 0 Å². The highest BCUT2D eigenvalue weighted by molar-refractivity contribution is 5.72. The molecule has 0 atom stereocenters. The van der Waals surface area contributed by atoms with Crippen molar-refractivity contribution in [3.63, 3.8) is 0 Å². The van der Waals surface area contributed by atoms with E-state index in [1.54, 1.807) is 0 Å². The van der Waals surface area contributed by atoms with Gasteiger partial charge in [0.15, 0.2) is 0 Å². The van der Waals surface area contributed by atoms with E-state index in [1.165, 1.54) is 0 Å². The van der Waals surface area contributed by atoms with Crippen molar-refractivity contribution in [1.29, 1.82) is 0 Å². The number of fused-ring (bicyclic) bond motifs is 1. The second-order valence-electron chi connectivity index (χ2n) is 3.60. The number of imidazole rings is 1. The van der Waals surface area contributed by atoms with Crippen LogP contribution in [0.5, 0.6) is 0 Å². The second-order valence-corrected chi connectivity index (χ2v) is 3.60. The van der Waals surface area contributed by atoms with Gasteiger partial charge in [0.05, 0.1) is 5.52 Å². The van der Waals surface area contributed by atoms with E-state index in [4.69, 9.17) is 5.73 Å². The molecule has 4 nitrogen and oxygen atoms in total. The number of nitrogens with two attached hydrogens (primary N) is 1. The maximum absolute atomic E-state index is 5.86. The summed E-state index contributed by atoms with van der Waals surface area (Å²) in [6.45, 7) is 7.92. The molecule has 0 saturated heterocycles. The molecule has 14 heavy (non-hydrogen) atoms. The molecule has 4 heteroatoms. The first-order valence-corrected chi connectivity index (χ1v) is 4.60. The molecule has 0 aromatic carbocycles. The Morgan fingerprint density at radius 1 is 1.00 bits per heavy atom. The van der Waals surface area contributed by atoms with Crippen molar-refractivity contribution in [1.82, 2.24) is 14.4 Å². The fraction of sp³-hybridized carbons (Fsp3) is 0.400. The zero-order chi connectivity index (χ0) is 10.5. The van der Waals surface area contributed by atoms with Crippen molar-refractivity contribution >= 4 is 11.3 Å². The van der Waals surface area contributed by atoms with Gasteiger partial charge in [0.1, 0.15) is 17.5 Å². The lowest BCUT2D eigenvalue weighted by Crippen LogP contribution is -2.02. The number of aromatic nitrogens is 3. The summed E-state index contributed by atoms with van der Waals surface area (Å²) in [4.78, 5) is 8.70. The molecular formula is C10H14N4. The Morgan fingerprint density at radius 3 is 2.21 bits per heavy atom. The summed E-state index contributed by atoms with van der Waals surface area (Å²) >= 11 is 0. The Bertz CT molecular complexity index is 511. The first-order chi connectivity index (χ1) is 6.52. The first kappa shape index (κ1) is 8.99. The molecule has 2 aromatic heterocycles. The highest BCUT2D eigenvalue weighted by atomic mass is 15.1. The number of anilines is 1. The summed E-state index contributed by atoms with van der Waals surface area (Å²) in [5.74, 6) is 2.42. The molecule has 0 unspecified atom stereocenters. The Balaban J connectivity index is 3.05. The molecule has 74 valence electrons. The standard InChI is InChI=1S/C10H14N4/c1-5-6(2)12-7(3)14-8(4)13-10(11)9(5)14/h11H2,1-4H3. The lowest BCUT2D eigenvalue weighted by Gasteiger charge is -2.07. The van der Waals surface area contributed by atoms with Gasteiger partial charge in [0.2, 0.25) is 0 Å². The quantitative estimate of drug-likeness (QED) is 0.685. The number of nitrogens with zero attached hydrogens (tertiary/aromatic N) is 3. The number of aryl methyl sites for hydroxylation is 4. The van der Waals surface area contributed by atoms with Crippen LogP contribution >= 0.6 is 0 Å². The number of hydrogen-bond acceptors (Lipinski definition) is 3. The lowest BCUT2D eigenvalue weighted by atomic mass is 10.2. The van der Waals surface area contributed by atoms with Crippen LogP contribution in [0.4, 0.5) is 5.82 Å². The van der Waals surface area contributed by atoms with E-state index in [0.717, 1.165) is 28.4 Å². The van der Waals surface area contributed by atoms with E-state index in [-0.39, 0.29) is 0 Å². The van der Waals surface area contributed by atoms with Crippen LogP contribution in [0, 0.1) is 27.7 Å². The van der Waals surface area contributed by atoms with Crippen molar-refractivity contribution in [2.75, 3.05) is 5.73 Å². The maximum Gasteiger partial charge on any atom is 0.150 e. The molecular weight excluding hydrogens is 176 g/mol. The molecule has 0 amide bonds. The minimum atomic E-state index is 0.591. The molecule has 0 aliphatic rings. The topological polar surface area (TPSA) is 56.2 Å². The Kier molecular flexibility index (Phi) is 1.74. The average Bonchev–Trinajstić information content (AvgIpc) is 2.38. The molecule has 2 rings (SSSR count). The summed E-state index contributed by atoms with van der Waals surface area (Å²) in [5, 5.41) is 0. The Morgan fingerprint density at radius 2 is 1.57 bits per heavy atom. The molecule has 0 radical (unpaired) electrons. The predicted molar refractivity (Wildman–Crippen MR) is 56.3 cm³/mol. The van der Waals surface area contributed by atoms with Gasteiger partial charge >= 0.3 is 0 Å². The fourth-order valence-corrected chi connectivity index (χ4v) is 1.86. The Hall–Kier alpha value is -1.58. The van der Waals surface area contributed by atoms with Gasteiger partial charge < -0.3 is 5.73 Å². The van der Waals surface area contributed by atoms with Crippen LogP contribution in [0.25, 0.3) is 5.52 Å². The molecule has 0 saturated carbocycles. The van der Waals surface area contributed by atoms with Crippen LogP contribution < -0.4 is 5.73 Å². The van der Waals surface area contributed by atoms with Gasteiger partial charge in [-0.15, -0.1) is 0 Å². The minimum Gasteiger partial charge on any atom is -0.382 e. The molecule has 0 bridgehead atoms. The number of hydrogen-bond donors (Lipinski definition) is 1. The molecule has 0 fully saturated rings. The van der Waals surface area contributed by atoms with Crippen molar-refractivity contribution in [3.8, 4) is 0 Å². The van der Waals surface area contributed by atoms with Crippen molar-refractivity contribution in [2.45, 2.75) is 27.7 Å². The number of rotatable bonds is 0. The first-order valence-electron chi connectivity index (χ1n) is 4.60. The van der Waals surface area contributed by atoms with Crippen LogP contribution in [-0.4, -0.2) is 14.4 Å². The minimum absolute atomic E-state index is 0.591. The molecule has 2 N–H and O–H groups in total. The summed E-state index contributed by atoms with van der Waals surface area (Å²) in [7, 11) is 0. The fourth-order valence-electron chi connectivity index (χ4n) is 1.86. The van der Waals surface area contributed by atoms with Gasteiger partial charge in [-0.1, -0.05) is 0 Å². The molecule has 2 aromatic rings. The van der Waals surface area contributed by atoms with Crippen LogP contribution in [0.1, 0.15) is 22.9 Å². The van der Waals surface area contributed by atoms with E-state index >= 15 is 0 Å². The summed E-state index contributed by atoms with van der Waals surface area (Å²) in [6.07, 6.45) is 0. The van der Waals surface area contributed by atoms with E-state index in [9.17, 15) is 0 Å². The maximum atomic E-state index is 5.86.